The maximum absolute atomic E-state index is 13.7. The van der Waals surface area contributed by atoms with Crippen LogP contribution in [0.4, 0.5) is 8.78 Å². The van der Waals surface area contributed by atoms with Crippen molar-refractivity contribution in [2.45, 2.75) is 58.7 Å². The highest BCUT2D eigenvalue weighted by atomic mass is 35.5. The molecule has 2 aliphatic heterocycles. The molecule has 2 N–H and O–H groups in total. The first kappa shape index (κ1) is 32.9. The fourth-order valence-corrected chi connectivity index (χ4v) is 7.15. The molecule has 0 unspecified atom stereocenters. The van der Waals surface area contributed by atoms with E-state index in [0.717, 1.165) is 79.1 Å². The van der Waals surface area contributed by atoms with Gasteiger partial charge in [0.2, 0.25) is 5.91 Å². The van der Waals surface area contributed by atoms with Gasteiger partial charge in [-0.05, 0) is 75.6 Å². The lowest BCUT2D eigenvalue weighted by molar-refractivity contribution is -0.129. The molecule has 9 nitrogen and oxygen atoms in total. The SMILES string of the molecule is CC(=O)N1CCc2c(c(-c3ccc(Cl)c(-c4cccc(C(=O)N[C@@H](C)c5nc6cc(F)c(F)cc6[nH]5)c4)c3)nn2CCCN2CCCC2)C1. The lowest BCUT2D eigenvalue weighted by atomic mass is 9.96. The number of halogens is 3. The van der Waals surface area contributed by atoms with E-state index in [1.807, 2.05) is 29.2 Å². The van der Waals surface area contributed by atoms with E-state index in [1.165, 1.54) is 18.5 Å². The second-order valence-corrected chi connectivity index (χ2v) is 13.4. The monoisotopic (exact) mass is 685 g/mol. The van der Waals surface area contributed by atoms with E-state index in [9.17, 15) is 18.4 Å². The highest BCUT2D eigenvalue weighted by Crippen LogP contribution is 2.36. The number of likely N-dealkylation sites (tertiary alicyclic amines) is 1. The molecule has 0 spiro atoms. The highest BCUT2D eigenvalue weighted by Gasteiger charge is 2.27. The second kappa shape index (κ2) is 13.7. The van der Waals surface area contributed by atoms with Crippen LogP contribution in [0.25, 0.3) is 33.4 Å². The fraction of sp³-hybridized carbons (Fsp3) is 0.351. The summed E-state index contributed by atoms with van der Waals surface area (Å²) >= 11 is 6.77. The molecule has 1 atom stereocenters. The Bertz CT molecular complexity index is 2010. The number of nitrogens with one attached hydrogen (secondary N) is 2. The van der Waals surface area contributed by atoms with Gasteiger partial charge in [-0.1, -0.05) is 29.8 Å². The van der Waals surface area contributed by atoms with Crippen molar-refractivity contribution in [3.63, 3.8) is 0 Å². The smallest absolute Gasteiger partial charge is 0.251 e. The molecule has 0 aliphatic carbocycles. The molecule has 2 aliphatic rings. The number of carbonyl (C=O) groups excluding carboxylic acids is 2. The van der Waals surface area contributed by atoms with Crippen molar-refractivity contribution < 1.29 is 18.4 Å². The normalized spacial score (nSPS) is 15.5. The fourth-order valence-electron chi connectivity index (χ4n) is 6.93. The summed E-state index contributed by atoms with van der Waals surface area (Å²) in [7, 11) is 0. The number of aryl methyl sites for hydroxylation is 1. The number of imidazole rings is 1. The quantitative estimate of drug-likeness (QED) is 0.176. The summed E-state index contributed by atoms with van der Waals surface area (Å²) in [4.78, 5) is 37.4. The Hall–Kier alpha value is -4.61. The maximum atomic E-state index is 13.7. The van der Waals surface area contributed by atoms with Gasteiger partial charge in [0, 0.05) is 78.1 Å². The summed E-state index contributed by atoms with van der Waals surface area (Å²) in [5.41, 5.74) is 6.50. The molecule has 2 aromatic heterocycles. The number of rotatable bonds is 9. The van der Waals surface area contributed by atoms with Crippen molar-refractivity contribution in [2.75, 3.05) is 26.2 Å². The van der Waals surface area contributed by atoms with Gasteiger partial charge in [0.1, 0.15) is 5.82 Å². The van der Waals surface area contributed by atoms with Gasteiger partial charge in [-0.25, -0.2) is 13.8 Å². The first-order valence-corrected chi connectivity index (χ1v) is 17.1. The third kappa shape index (κ3) is 6.82. The first-order valence-electron chi connectivity index (χ1n) is 16.8. The zero-order valence-electron chi connectivity index (χ0n) is 27.5. The minimum Gasteiger partial charge on any atom is -0.342 e. The van der Waals surface area contributed by atoms with E-state index in [-0.39, 0.29) is 17.3 Å². The third-order valence-corrected chi connectivity index (χ3v) is 9.93. The number of H-pyrrole nitrogens is 1. The largest absolute Gasteiger partial charge is 0.342 e. The van der Waals surface area contributed by atoms with Crippen LogP contribution in [0.15, 0.2) is 54.6 Å². The average Bonchev–Trinajstić information content (AvgIpc) is 3.85. The molecule has 2 amide bonds. The molecule has 12 heteroatoms. The Balaban J connectivity index is 1.14. The number of aromatic amines is 1. The number of aromatic nitrogens is 4. The summed E-state index contributed by atoms with van der Waals surface area (Å²) < 4.78 is 29.5. The lowest BCUT2D eigenvalue weighted by Crippen LogP contribution is -2.34. The van der Waals surface area contributed by atoms with Gasteiger partial charge in [0.25, 0.3) is 5.91 Å². The molecule has 0 bridgehead atoms. The predicted molar refractivity (Wildman–Crippen MR) is 185 cm³/mol. The Kier molecular flexibility index (Phi) is 9.21. The summed E-state index contributed by atoms with van der Waals surface area (Å²) in [6.07, 6.45) is 4.30. The van der Waals surface area contributed by atoms with Gasteiger partial charge >= 0.3 is 0 Å². The van der Waals surface area contributed by atoms with Gasteiger partial charge < -0.3 is 20.1 Å². The number of fused-ring (bicyclic) bond motifs is 2. The van der Waals surface area contributed by atoms with Crippen LogP contribution in [0.2, 0.25) is 5.02 Å². The zero-order valence-corrected chi connectivity index (χ0v) is 28.3. The average molecular weight is 686 g/mol. The molecule has 3 aromatic carbocycles. The minimum atomic E-state index is -0.985. The topological polar surface area (TPSA) is 99.1 Å². The van der Waals surface area contributed by atoms with Gasteiger partial charge in [0.15, 0.2) is 11.6 Å². The Morgan fingerprint density at radius 3 is 2.59 bits per heavy atom. The molecule has 4 heterocycles. The lowest BCUT2D eigenvalue weighted by Gasteiger charge is -2.27. The molecular weight excluding hydrogens is 648 g/mol. The van der Waals surface area contributed by atoms with Crippen LogP contribution < -0.4 is 5.32 Å². The number of amides is 2. The number of benzene rings is 3. The van der Waals surface area contributed by atoms with E-state index in [4.69, 9.17) is 16.7 Å². The third-order valence-electron chi connectivity index (χ3n) is 9.60. The molecule has 1 fully saturated rings. The first-order chi connectivity index (χ1) is 23.6. The van der Waals surface area contributed by atoms with Crippen molar-refractivity contribution in [1.82, 2.24) is 34.9 Å². The molecule has 1 saturated heterocycles. The standard InChI is InChI=1S/C37H38ClF2N7O2/c1-22(36-42-32-19-30(39)31(40)20-33(32)43-36)41-37(49)26-8-5-7-24(17-26)27-18-25(9-10-29(27)38)35-28-21-46(23(2)48)16-11-34(28)47(44-35)15-6-14-45-12-3-4-13-45/h5,7-10,17-20,22H,3-4,6,11-16,21H2,1-2H3,(H,41,49)(H,42,43)/t22-/m0/s1. The minimum absolute atomic E-state index is 0.0442. The van der Waals surface area contributed by atoms with Crippen molar-refractivity contribution in [1.29, 1.82) is 0 Å². The number of nitrogens with zero attached hydrogens (tertiary/aromatic N) is 5. The van der Waals surface area contributed by atoms with Gasteiger partial charge in [-0.15, -0.1) is 0 Å². The Morgan fingerprint density at radius 2 is 1.80 bits per heavy atom. The van der Waals surface area contributed by atoms with Crippen LogP contribution in [0.3, 0.4) is 0 Å². The molecule has 49 heavy (non-hydrogen) atoms. The van der Waals surface area contributed by atoms with E-state index in [0.29, 0.717) is 35.0 Å². The van der Waals surface area contributed by atoms with E-state index in [2.05, 4.69) is 24.9 Å². The zero-order chi connectivity index (χ0) is 34.2. The van der Waals surface area contributed by atoms with E-state index in [1.54, 1.807) is 32.0 Å². The number of hydrogen-bond acceptors (Lipinski definition) is 5. The Labute approximate surface area is 288 Å². The molecule has 0 radical (unpaired) electrons. The summed E-state index contributed by atoms with van der Waals surface area (Å²) in [6, 6.07) is 14.5. The van der Waals surface area contributed by atoms with Crippen molar-refractivity contribution in [3.05, 3.63) is 93.9 Å². The summed E-state index contributed by atoms with van der Waals surface area (Å²) in [5.74, 6) is -1.88. The van der Waals surface area contributed by atoms with Crippen LogP contribution in [-0.4, -0.2) is 67.5 Å². The number of carbonyl (C=O) groups is 2. The second-order valence-electron chi connectivity index (χ2n) is 13.0. The maximum Gasteiger partial charge on any atom is 0.251 e. The summed E-state index contributed by atoms with van der Waals surface area (Å²) in [5, 5.41) is 8.56. The summed E-state index contributed by atoms with van der Waals surface area (Å²) in [6.45, 7) is 8.72. The number of hydrogen-bond donors (Lipinski definition) is 2. The molecule has 7 rings (SSSR count). The highest BCUT2D eigenvalue weighted by molar-refractivity contribution is 6.33. The van der Waals surface area contributed by atoms with Crippen molar-refractivity contribution in [3.8, 4) is 22.4 Å². The van der Waals surface area contributed by atoms with Crippen LogP contribution >= 0.6 is 11.6 Å². The predicted octanol–water partition coefficient (Wildman–Crippen LogP) is 6.91. The molecule has 0 saturated carbocycles. The van der Waals surface area contributed by atoms with E-state index < -0.39 is 17.7 Å². The van der Waals surface area contributed by atoms with E-state index >= 15 is 0 Å². The van der Waals surface area contributed by atoms with Crippen LogP contribution in [0, 0.1) is 11.6 Å². The van der Waals surface area contributed by atoms with Crippen LogP contribution in [0.1, 0.15) is 66.6 Å². The van der Waals surface area contributed by atoms with Crippen LogP contribution in [0.5, 0.6) is 0 Å². The van der Waals surface area contributed by atoms with Crippen molar-refractivity contribution >= 4 is 34.4 Å². The molecule has 254 valence electrons. The van der Waals surface area contributed by atoms with Gasteiger partial charge in [0.05, 0.1) is 22.8 Å². The van der Waals surface area contributed by atoms with Gasteiger partial charge in [-0.3, -0.25) is 14.3 Å². The molecule has 5 aromatic rings. The van der Waals surface area contributed by atoms with Crippen LogP contribution in [-0.2, 0) is 24.3 Å². The van der Waals surface area contributed by atoms with Crippen molar-refractivity contribution in [2.24, 2.45) is 0 Å². The Morgan fingerprint density at radius 1 is 1.00 bits per heavy atom. The van der Waals surface area contributed by atoms with Gasteiger partial charge in [-0.2, -0.15) is 5.10 Å². The molecular formula is C37H38ClF2N7O2.